The van der Waals surface area contributed by atoms with E-state index in [4.69, 9.17) is 44.9 Å². The number of ether oxygens (including phenoxy) is 2. The van der Waals surface area contributed by atoms with Crippen molar-refractivity contribution in [3.8, 4) is 11.5 Å². The van der Waals surface area contributed by atoms with E-state index in [2.05, 4.69) is 22.7 Å². The Labute approximate surface area is 195 Å². The van der Waals surface area contributed by atoms with Gasteiger partial charge in [0.05, 0.1) is 17.2 Å². The van der Waals surface area contributed by atoms with Gasteiger partial charge in [0, 0.05) is 11.4 Å². The lowest BCUT2D eigenvalue weighted by Crippen LogP contribution is -2.48. The molecule has 2 rings (SSSR count). The minimum Gasteiger partial charge on any atom is -0.492 e. The first-order chi connectivity index (χ1) is 14.9. The van der Waals surface area contributed by atoms with E-state index in [0.29, 0.717) is 33.5 Å². The molecule has 3 N–H and O–H groups in total. The number of para-hydroxylation sites is 1. The first kappa shape index (κ1) is 24.5. The molecule has 0 aliphatic rings. The number of carbonyl (C=O) groups is 2. The number of rotatable bonds is 9. The van der Waals surface area contributed by atoms with Crippen molar-refractivity contribution in [1.29, 1.82) is 0 Å². The van der Waals surface area contributed by atoms with E-state index >= 15 is 0 Å². The van der Waals surface area contributed by atoms with Crippen molar-refractivity contribution >= 4 is 52.3 Å². The molecule has 31 heavy (non-hydrogen) atoms. The smallest absolute Gasteiger partial charge is 0.273 e. The first-order valence-corrected chi connectivity index (χ1v) is 10.4. The zero-order valence-electron chi connectivity index (χ0n) is 16.5. The normalized spacial score (nSPS) is 10.0. The second kappa shape index (κ2) is 12.8. The Bertz CT molecular complexity index is 956. The molecule has 0 saturated heterocycles. The number of hydrazine groups is 1. The molecule has 0 spiro atoms. The average Bonchev–Trinajstić information content (AvgIpc) is 2.75. The second-order valence-electron chi connectivity index (χ2n) is 6.08. The maximum Gasteiger partial charge on any atom is 0.273 e. The summed E-state index contributed by atoms with van der Waals surface area (Å²) in [5.41, 5.74) is 5.22. The Morgan fingerprint density at radius 2 is 1.84 bits per heavy atom. The Hall–Kier alpha value is -2.81. The van der Waals surface area contributed by atoms with Crippen LogP contribution >= 0.6 is 35.4 Å². The number of hydrogen-bond acceptors (Lipinski definition) is 5. The predicted octanol–water partition coefficient (Wildman–Crippen LogP) is 4.05. The molecule has 0 bridgehead atoms. The number of benzene rings is 2. The monoisotopic (exact) mass is 481 g/mol. The van der Waals surface area contributed by atoms with Crippen LogP contribution in [0, 0.1) is 0 Å². The predicted molar refractivity (Wildman–Crippen MR) is 125 cm³/mol. The van der Waals surface area contributed by atoms with Crippen molar-refractivity contribution in [3.63, 3.8) is 0 Å². The van der Waals surface area contributed by atoms with Crippen molar-refractivity contribution in [2.75, 3.05) is 13.2 Å². The fourth-order valence-electron chi connectivity index (χ4n) is 2.34. The SMILES string of the molecule is C=CCOc1ccccc1C(=O)NNC(=S)NC(=O)CCCOc1ccc(Cl)cc1Cl. The molecular formula is C21H21Cl2N3O4S. The third kappa shape index (κ3) is 8.45. The summed E-state index contributed by atoms with van der Waals surface area (Å²) in [5, 5.41) is 3.35. The number of hydrogen-bond donors (Lipinski definition) is 3. The van der Waals surface area contributed by atoms with Crippen molar-refractivity contribution < 1.29 is 19.1 Å². The number of carbonyl (C=O) groups excluding carboxylic acids is 2. The summed E-state index contributed by atoms with van der Waals surface area (Å²) < 4.78 is 11.0. The number of halogens is 2. The molecule has 0 aromatic heterocycles. The van der Waals surface area contributed by atoms with E-state index in [1.54, 1.807) is 48.5 Å². The highest BCUT2D eigenvalue weighted by molar-refractivity contribution is 7.80. The standard InChI is InChI=1S/C21H21Cl2N3O4S/c1-2-11-29-17-7-4-3-6-15(17)20(28)25-26-21(31)24-19(27)8-5-12-30-18-10-9-14(22)13-16(18)23/h2-4,6-7,9-10,13H,1,5,8,11-12H2,(H,25,28)(H2,24,26,27,31). The molecule has 10 heteroatoms. The number of amides is 2. The number of nitrogens with one attached hydrogen (secondary N) is 3. The molecule has 0 aliphatic heterocycles. The fraction of sp³-hybridized carbons (Fsp3) is 0.190. The van der Waals surface area contributed by atoms with Crippen molar-refractivity contribution in [1.82, 2.24) is 16.2 Å². The van der Waals surface area contributed by atoms with Crippen LogP contribution in [0.3, 0.4) is 0 Å². The highest BCUT2D eigenvalue weighted by atomic mass is 35.5. The summed E-state index contributed by atoms with van der Waals surface area (Å²) in [5.74, 6) is 0.0953. The van der Waals surface area contributed by atoms with E-state index in [1.807, 2.05) is 0 Å². The van der Waals surface area contributed by atoms with Crippen LogP contribution in [0.1, 0.15) is 23.2 Å². The molecule has 0 saturated carbocycles. The van der Waals surface area contributed by atoms with Crippen molar-refractivity contribution in [2.45, 2.75) is 12.8 Å². The minimum atomic E-state index is -0.468. The van der Waals surface area contributed by atoms with Crippen molar-refractivity contribution in [3.05, 3.63) is 70.7 Å². The molecule has 164 valence electrons. The van der Waals surface area contributed by atoms with Crippen LogP contribution in [-0.2, 0) is 4.79 Å². The summed E-state index contributed by atoms with van der Waals surface area (Å²) in [6.45, 7) is 4.12. The first-order valence-electron chi connectivity index (χ1n) is 9.21. The molecule has 0 atom stereocenters. The lowest BCUT2D eigenvalue weighted by atomic mass is 10.2. The summed E-state index contributed by atoms with van der Waals surface area (Å²) in [6.07, 6.45) is 2.18. The van der Waals surface area contributed by atoms with Gasteiger partial charge in [-0.2, -0.15) is 0 Å². The third-order valence-electron chi connectivity index (χ3n) is 3.73. The van der Waals surface area contributed by atoms with Crippen LogP contribution in [0.25, 0.3) is 0 Å². The van der Waals surface area contributed by atoms with Crippen LogP contribution in [0.2, 0.25) is 10.0 Å². The van der Waals surface area contributed by atoms with Gasteiger partial charge >= 0.3 is 0 Å². The minimum absolute atomic E-state index is 0.0375. The Morgan fingerprint density at radius 1 is 1.06 bits per heavy atom. The molecule has 2 amide bonds. The molecule has 0 radical (unpaired) electrons. The van der Waals surface area contributed by atoms with Gasteiger partial charge in [-0.1, -0.05) is 48.0 Å². The quantitative estimate of drug-likeness (QED) is 0.216. The van der Waals surface area contributed by atoms with Crippen LogP contribution < -0.4 is 25.6 Å². The van der Waals surface area contributed by atoms with Gasteiger partial charge < -0.3 is 14.8 Å². The van der Waals surface area contributed by atoms with Gasteiger partial charge in [0.25, 0.3) is 5.91 Å². The molecular weight excluding hydrogens is 461 g/mol. The van der Waals surface area contributed by atoms with E-state index in [-0.39, 0.29) is 30.7 Å². The zero-order chi connectivity index (χ0) is 22.6. The van der Waals surface area contributed by atoms with E-state index < -0.39 is 5.91 Å². The summed E-state index contributed by atoms with van der Waals surface area (Å²) >= 11 is 16.9. The maximum atomic E-state index is 12.3. The molecule has 7 nitrogen and oxygen atoms in total. The van der Waals surface area contributed by atoms with Crippen molar-refractivity contribution in [2.24, 2.45) is 0 Å². The average molecular weight is 482 g/mol. The lowest BCUT2D eigenvalue weighted by molar-refractivity contribution is -0.119. The topological polar surface area (TPSA) is 88.7 Å². The molecule has 0 heterocycles. The highest BCUT2D eigenvalue weighted by Gasteiger charge is 2.13. The highest BCUT2D eigenvalue weighted by Crippen LogP contribution is 2.27. The van der Waals surface area contributed by atoms with Crippen LogP contribution in [0.4, 0.5) is 0 Å². The van der Waals surface area contributed by atoms with Gasteiger partial charge in [0.1, 0.15) is 18.1 Å². The van der Waals surface area contributed by atoms with Crippen LogP contribution in [-0.4, -0.2) is 30.1 Å². The molecule has 2 aromatic carbocycles. The Balaban J connectivity index is 1.70. The largest absolute Gasteiger partial charge is 0.492 e. The zero-order valence-corrected chi connectivity index (χ0v) is 18.8. The van der Waals surface area contributed by atoms with Gasteiger partial charge in [0.2, 0.25) is 5.91 Å². The van der Waals surface area contributed by atoms with Gasteiger partial charge in [-0.25, -0.2) is 0 Å². The molecule has 0 aliphatic carbocycles. The van der Waals surface area contributed by atoms with Gasteiger partial charge in [-0.3, -0.25) is 20.4 Å². The molecule has 0 fully saturated rings. The maximum absolute atomic E-state index is 12.3. The Morgan fingerprint density at radius 3 is 2.58 bits per heavy atom. The van der Waals surface area contributed by atoms with E-state index in [1.165, 1.54) is 0 Å². The van der Waals surface area contributed by atoms with Crippen LogP contribution in [0.5, 0.6) is 11.5 Å². The summed E-state index contributed by atoms with van der Waals surface area (Å²) in [6, 6.07) is 11.6. The second-order valence-corrected chi connectivity index (χ2v) is 7.33. The molecule has 0 unspecified atom stereocenters. The van der Waals surface area contributed by atoms with Gasteiger partial charge in [-0.05, 0) is 49.0 Å². The number of thiocarbonyl (C=S) groups is 1. The van der Waals surface area contributed by atoms with Gasteiger partial charge in [0.15, 0.2) is 5.11 Å². The van der Waals surface area contributed by atoms with Gasteiger partial charge in [-0.15, -0.1) is 0 Å². The van der Waals surface area contributed by atoms with Crippen LogP contribution in [0.15, 0.2) is 55.1 Å². The fourth-order valence-corrected chi connectivity index (χ4v) is 2.97. The summed E-state index contributed by atoms with van der Waals surface area (Å²) in [4.78, 5) is 24.3. The lowest BCUT2D eigenvalue weighted by Gasteiger charge is -2.13. The molecule has 2 aromatic rings. The Kier molecular flexibility index (Phi) is 10.1. The van der Waals surface area contributed by atoms with E-state index in [0.717, 1.165) is 0 Å². The summed E-state index contributed by atoms with van der Waals surface area (Å²) in [7, 11) is 0. The third-order valence-corrected chi connectivity index (χ3v) is 4.47. The van der Waals surface area contributed by atoms with E-state index in [9.17, 15) is 9.59 Å².